The molecule has 1 unspecified atom stereocenters. The van der Waals surface area contributed by atoms with Gasteiger partial charge in [0.1, 0.15) is 0 Å². The summed E-state index contributed by atoms with van der Waals surface area (Å²) in [5, 5.41) is 13.8. The Balaban J connectivity index is 1.88. The van der Waals surface area contributed by atoms with Gasteiger partial charge in [0, 0.05) is 22.2 Å². The summed E-state index contributed by atoms with van der Waals surface area (Å²) in [7, 11) is 0. The molecule has 0 spiro atoms. The number of hydrogen-bond acceptors (Lipinski definition) is 2. The first kappa shape index (κ1) is 15.8. The van der Waals surface area contributed by atoms with E-state index >= 15 is 0 Å². The molecule has 0 bridgehead atoms. The molecular weight excluding hydrogens is 309 g/mol. The number of carbonyl (C=O) groups excluding carboxylic acids is 1. The Bertz CT molecular complexity index is 631. The summed E-state index contributed by atoms with van der Waals surface area (Å²) < 4.78 is 0. The lowest BCUT2D eigenvalue weighted by Crippen LogP contribution is -2.29. The van der Waals surface area contributed by atoms with Gasteiger partial charge < -0.3 is 10.4 Å². The molecule has 0 radical (unpaired) electrons. The fourth-order valence-corrected chi connectivity index (χ4v) is 2.44. The molecule has 110 valence electrons. The zero-order valence-electron chi connectivity index (χ0n) is 11.2. The molecule has 0 aliphatic heterocycles. The number of benzene rings is 2. The van der Waals surface area contributed by atoms with Gasteiger partial charge in [0.05, 0.1) is 12.5 Å². The molecule has 2 aromatic carbocycles. The first-order chi connectivity index (χ1) is 10.1. The molecule has 2 aromatic rings. The number of aliphatic hydroxyl groups is 1. The molecule has 0 saturated carbocycles. The summed E-state index contributed by atoms with van der Waals surface area (Å²) in [6.45, 7) is 0.114. The van der Waals surface area contributed by atoms with E-state index in [1.165, 1.54) is 0 Å². The van der Waals surface area contributed by atoms with Gasteiger partial charge in [-0.25, -0.2) is 0 Å². The number of aliphatic hydroxyl groups excluding tert-OH is 1. The van der Waals surface area contributed by atoms with Crippen molar-refractivity contribution in [2.75, 3.05) is 6.54 Å². The molecule has 21 heavy (non-hydrogen) atoms. The van der Waals surface area contributed by atoms with Crippen LogP contribution in [0.3, 0.4) is 0 Å². The van der Waals surface area contributed by atoms with Gasteiger partial charge >= 0.3 is 0 Å². The summed E-state index contributed by atoms with van der Waals surface area (Å²) in [6.07, 6.45) is -0.613. The van der Waals surface area contributed by atoms with Crippen molar-refractivity contribution < 1.29 is 9.90 Å². The average Bonchev–Trinajstić information content (AvgIpc) is 2.45. The third kappa shape index (κ3) is 4.74. The Hall–Kier alpha value is -1.55. The third-order valence-electron chi connectivity index (χ3n) is 3.01. The van der Waals surface area contributed by atoms with Gasteiger partial charge in [-0.1, -0.05) is 53.5 Å². The van der Waals surface area contributed by atoms with Gasteiger partial charge in [-0.05, 0) is 23.8 Å². The summed E-state index contributed by atoms with van der Waals surface area (Å²) in [5.41, 5.74) is 1.43. The smallest absolute Gasteiger partial charge is 0.224 e. The van der Waals surface area contributed by atoms with Crippen molar-refractivity contribution in [2.24, 2.45) is 0 Å². The van der Waals surface area contributed by atoms with Crippen molar-refractivity contribution in [3.63, 3.8) is 0 Å². The first-order valence-electron chi connectivity index (χ1n) is 6.50. The van der Waals surface area contributed by atoms with Crippen LogP contribution in [0.15, 0.2) is 48.5 Å². The molecule has 3 nitrogen and oxygen atoms in total. The Kier molecular flexibility index (Phi) is 5.62. The quantitative estimate of drug-likeness (QED) is 0.886. The van der Waals surface area contributed by atoms with E-state index in [1.54, 1.807) is 42.5 Å². The van der Waals surface area contributed by atoms with Crippen LogP contribution in [0.25, 0.3) is 0 Å². The molecule has 0 aliphatic rings. The number of rotatable bonds is 5. The van der Waals surface area contributed by atoms with E-state index in [9.17, 15) is 9.90 Å². The molecule has 1 amide bonds. The number of hydrogen-bond donors (Lipinski definition) is 2. The van der Waals surface area contributed by atoms with Crippen LogP contribution in [0, 0.1) is 0 Å². The fourth-order valence-electron chi connectivity index (χ4n) is 1.96. The summed E-state index contributed by atoms with van der Waals surface area (Å²) >= 11 is 11.9. The predicted octanol–water partition coefficient (Wildman–Crippen LogP) is 3.39. The highest BCUT2D eigenvalue weighted by molar-refractivity contribution is 6.31. The normalized spacial score (nSPS) is 12.0. The predicted molar refractivity (Wildman–Crippen MR) is 84.6 cm³/mol. The minimum atomic E-state index is -0.831. The minimum Gasteiger partial charge on any atom is -0.387 e. The van der Waals surface area contributed by atoms with Crippen molar-refractivity contribution >= 4 is 29.1 Å². The summed E-state index contributed by atoms with van der Waals surface area (Å²) in [6, 6.07) is 14.1. The molecular formula is C16H15Cl2NO2. The topological polar surface area (TPSA) is 49.3 Å². The standard InChI is InChI=1S/C16H15Cl2NO2/c17-12-5-3-4-11(8-12)9-16(21)19-10-15(20)13-6-1-2-7-14(13)18/h1-8,15,20H,9-10H2,(H,19,21). The molecule has 2 N–H and O–H groups in total. The number of nitrogens with one attached hydrogen (secondary N) is 1. The lowest BCUT2D eigenvalue weighted by Gasteiger charge is -2.13. The molecule has 0 aromatic heterocycles. The van der Waals surface area contributed by atoms with Crippen LogP contribution in [-0.4, -0.2) is 17.6 Å². The molecule has 5 heteroatoms. The van der Waals surface area contributed by atoms with Crippen molar-refractivity contribution in [3.8, 4) is 0 Å². The molecule has 0 heterocycles. The van der Waals surface area contributed by atoms with Crippen LogP contribution in [0.2, 0.25) is 10.0 Å². The highest BCUT2D eigenvalue weighted by Crippen LogP contribution is 2.21. The van der Waals surface area contributed by atoms with Gasteiger partial charge in [0.25, 0.3) is 0 Å². The Morgan fingerprint density at radius 2 is 1.90 bits per heavy atom. The maximum Gasteiger partial charge on any atom is 0.224 e. The van der Waals surface area contributed by atoms with Crippen LogP contribution >= 0.6 is 23.2 Å². The van der Waals surface area contributed by atoms with E-state index in [2.05, 4.69) is 5.32 Å². The van der Waals surface area contributed by atoms with Crippen LogP contribution in [0.4, 0.5) is 0 Å². The van der Waals surface area contributed by atoms with Crippen molar-refractivity contribution in [1.29, 1.82) is 0 Å². The van der Waals surface area contributed by atoms with Crippen molar-refractivity contribution in [3.05, 3.63) is 69.7 Å². The molecule has 1 atom stereocenters. The highest BCUT2D eigenvalue weighted by atomic mass is 35.5. The number of amides is 1. The van der Waals surface area contributed by atoms with Crippen LogP contribution in [-0.2, 0) is 11.2 Å². The van der Waals surface area contributed by atoms with Gasteiger partial charge in [0.15, 0.2) is 0 Å². The van der Waals surface area contributed by atoms with Gasteiger partial charge in [-0.15, -0.1) is 0 Å². The maximum absolute atomic E-state index is 11.8. The van der Waals surface area contributed by atoms with Crippen LogP contribution in [0.5, 0.6) is 0 Å². The second kappa shape index (κ2) is 7.46. The zero-order valence-corrected chi connectivity index (χ0v) is 12.7. The number of carbonyl (C=O) groups is 1. The number of halogens is 2. The lowest BCUT2D eigenvalue weighted by molar-refractivity contribution is -0.120. The highest BCUT2D eigenvalue weighted by Gasteiger charge is 2.12. The fraction of sp³-hybridized carbons (Fsp3) is 0.188. The minimum absolute atomic E-state index is 0.114. The van der Waals surface area contributed by atoms with Gasteiger partial charge in [-0.3, -0.25) is 4.79 Å². The van der Waals surface area contributed by atoms with Gasteiger partial charge in [-0.2, -0.15) is 0 Å². The molecule has 0 fully saturated rings. The maximum atomic E-state index is 11.8. The second-order valence-corrected chi connectivity index (χ2v) is 5.49. The SMILES string of the molecule is O=C(Cc1cccc(Cl)c1)NCC(O)c1ccccc1Cl. The third-order valence-corrected chi connectivity index (χ3v) is 3.59. The van der Waals surface area contributed by atoms with Crippen molar-refractivity contribution in [1.82, 2.24) is 5.32 Å². The van der Waals surface area contributed by atoms with Crippen molar-refractivity contribution in [2.45, 2.75) is 12.5 Å². The Morgan fingerprint density at radius 1 is 1.14 bits per heavy atom. The average molecular weight is 324 g/mol. The van der Waals surface area contributed by atoms with E-state index in [0.29, 0.717) is 15.6 Å². The molecule has 0 aliphatic carbocycles. The van der Waals surface area contributed by atoms with E-state index in [0.717, 1.165) is 5.56 Å². The largest absolute Gasteiger partial charge is 0.387 e. The summed E-state index contributed by atoms with van der Waals surface area (Å²) in [5.74, 6) is -0.177. The second-order valence-electron chi connectivity index (χ2n) is 4.65. The Morgan fingerprint density at radius 3 is 2.62 bits per heavy atom. The van der Waals surface area contributed by atoms with E-state index in [4.69, 9.17) is 23.2 Å². The molecule has 2 rings (SSSR count). The van der Waals surface area contributed by atoms with Gasteiger partial charge in [0.2, 0.25) is 5.91 Å². The van der Waals surface area contributed by atoms with Crippen LogP contribution in [0.1, 0.15) is 17.2 Å². The Labute approximate surface area is 133 Å². The van der Waals surface area contributed by atoms with Crippen LogP contribution < -0.4 is 5.32 Å². The summed E-state index contributed by atoms with van der Waals surface area (Å²) in [4.78, 5) is 11.8. The zero-order chi connectivity index (χ0) is 15.2. The first-order valence-corrected chi connectivity index (χ1v) is 7.25. The monoisotopic (exact) mass is 323 g/mol. The molecule has 0 saturated heterocycles. The van der Waals surface area contributed by atoms with E-state index in [-0.39, 0.29) is 18.9 Å². The van der Waals surface area contributed by atoms with E-state index < -0.39 is 6.10 Å². The lowest BCUT2D eigenvalue weighted by atomic mass is 10.1. The van der Waals surface area contributed by atoms with E-state index in [1.807, 2.05) is 6.07 Å².